The summed E-state index contributed by atoms with van der Waals surface area (Å²) in [6.07, 6.45) is -0.170. The van der Waals surface area contributed by atoms with Crippen LogP contribution < -0.4 is 9.47 Å². The van der Waals surface area contributed by atoms with Crippen LogP contribution >= 0.6 is 38.9 Å². The van der Waals surface area contributed by atoms with Crippen LogP contribution in [0.1, 0.15) is 15.8 Å². The Morgan fingerprint density at radius 2 is 2.11 bits per heavy atom. The molecule has 1 aliphatic rings. The van der Waals surface area contributed by atoms with Crippen molar-refractivity contribution in [3.8, 4) is 11.5 Å². The first-order valence-electron chi connectivity index (χ1n) is 5.93. The van der Waals surface area contributed by atoms with Gasteiger partial charge in [0.05, 0.1) is 9.16 Å². The van der Waals surface area contributed by atoms with Crippen LogP contribution in [0.5, 0.6) is 11.5 Å². The van der Waals surface area contributed by atoms with Gasteiger partial charge in [0.15, 0.2) is 17.6 Å². The molecule has 2 heterocycles. The van der Waals surface area contributed by atoms with Crippen LogP contribution in [0, 0.1) is 6.92 Å². The second-order valence-electron chi connectivity index (χ2n) is 4.38. The van der Waals surface area contributed by atoms with E-state index in [0.29, 0.717) is 6.61 Å². The molecule has 5 heteroatoms. The zero-order valence-electron chi connectivity index (χ0n) is 10.2. The van der Waals surface area contributed by atoms with Crippen molar-refractivity contribution in [2.45, 2.75) is 18.4 Å². The lowest BCUT2D eigenvalue weighted by Gasteiger charge is -2.29. The van der Waals surface area contributed by atoms with Crippen LogP contribution in [0.15, 0.2) is 34.1 Å². The van der Waals surface area contributed by atoms with Crippen molar-refractivity contribution in [3.05, 3.63) is 44.6 Å². The van der Waals surface area contributed by atoms with Crippen LogP contribution in [0.25, 0.3) is 0 Å². The number of hydrogen-bond acceptors (Lipinski definition) is 3. The molecule has 2 unspecified atom stereocenters. The molecule has 3 rings (SSSR count). The summed E-state index contributed by atoms with van der Waals surface area (Å²) in [6, 6.07) is 9.73. The average Bonchev–Trinajstić information content (AvgIpc) is 2.76. The van der Waals surface area contributed by atoms with Gasteiger partial charge in [-0.05, 0) is 46.6 Å². The summed E-state index contributed by atoms with van der Waals surface area (Å²) in [7, 11) is 0. The molecule has 0 saturated carbocycles. The Kier molecular flexibility index (Phi) is 3.74. The SMILES string of the molecule is Cc1sc(Br)cc1C(Cl)C1COc2ccccc2O1. The molecule has 2 nitrogen and oxygen atoms in total. The van der Waals surface area contributed by atoms with E-state index in [1.54, 1.807) is 11.3 Å². The van der Waals surface area contributed by atoms with Gasteiger partial charge in [-0.25, -0.2) is 0 Å². The summed E-state index contributed by atoms with van der Waals surface area (Å²) >= 11 is 11.7. The van der Waals surface area contributed by atoms with E-state index in [0.717, 1.165) is 20.8 Å². The molecule has 0 saturated heterocycles. The Labute approximate surface area is 129 Å². The van der Waals surface area contributed by atoms with Crippen molar-refractivity contribution in [2.24, 2.45) is 0 Å². The molecule has 1 aromatic carbocycles. The molecule has 0 fully saturated rings. The fraction of sp³-hybridized carbons (Fsp3) is 0.286. The van der Waals surface area contributed by atoms with Crippen molar-refractivity contribution in [2.75, 3.05) is 6.61 Å². The minimum atomic E-state index is -0.212. The van der Waals surface area contributed by atoms with Crippen molar-refractivity contribution in [1.29, 1.82) is 0 Å². The number of para-hydroxylation sites is 2. The zero-order chi connectivity index (χ0) is 13.4. The number of thiophene rings is 1. The highest BCUT2D eigenvalue weighted by molar-refractivity contribution is 9.11. The summed E-state index contributed by atoms with van der Waals surface area (Å²) in [5, 5.41) is -0.212. The second kappa shape index (κ2) is 5.35. The minimum absolute atomic E-state index is 0.170. The number of fused-ring (bicyclic) bond motifs is 1. The maximum absolute atomic E-state index is 6.55. The Morgan fingerprint density at radius 1 is 1.37 bits per heavy atom. The molecule has 1 aliphatic heterocycles. The molecule has 0 radical (unpaired) electrons. The lowest BCUT2D eigenvalue weighted by molar-refractivity contribution is 0.0877. The predicted octanol–water partition coefficient (Wildman–Crippen LogP) is 4.94. The van der Waals surface area contributed by atoms with Gasteiger partial charge < -0.3 is 9.47 Å². The summed E-state index contributed by atoms with van der Waals surface area (Å²) in [6.45, 7) is 2.54. The number of halogens is 2. The van der Waals surface area contributed by atoms with Crippen molar-refractivity contribution in [3.63, 3.8) is 0 Å². The van der Waals surface area contributed by atoms with E-state index in [4.69, 9.17) is 21.1 Å². The van der Waals surface area contributed by atoms with Gasteiger partial charge in [0.2, 0.25) is 0 Å². The summed E-state index contributed by atoms with van der Waals surface area (Å²) in [4.78, 5) is 1.20. The van der Waals surface area contributed by atoms with Gasteiger partial charge in [-0.3, -0.25) is 0 Å². The van der Waals surface area contributed by atoms with E-state index in [1.807, 2.05) is 24.3 Å². The Hall–Kier alpha value is -0.710. The lowest BCUT2D eigenvalue weighted by Crippen LogP contribution is -2.32. The number of alkyl halides is 1. The molecule has 0 amide bonds. The van der Waals surface area contributed by atoms with Gasteiger partial charge in [0, 0.05) is 4.88 Å². The Bertz CT molecular complexity index is 599. The fourth-order valence-electron chi connectivity index (χ4n) is 2.11. The van der Waals surface area contributed by atoms with Crippen molar-refractivity contribution < 1.29 is 9.47 Å². The molecule has 2 atom stereocenters. The van der Waals surface area contributed by atoms with E-state index in [2.05, 4.69) is 28.9 Å². The largest absolute Gasteiger partial charge is 0.486 e. The van der Waals surface area contributed by atoms with Crippen LogP contribution in [-0.2, 0) is 0 Å². The first kappa shape index (κ1) is 13.3. The van der Waals surface area contributed by atoms with Crippen LogP contribution in [0.3, 0.4) is 0 Å². The highest BCUT2D eigenvalue weighted by Gasteiger charge is 2.30. The van der Waals surface area contributed by atoms with Gasteiger partial charge in [0.1, 0.15) is 6.61 Å². The molecular weight excluding hydrogens is 348 g/mol. The lowest BCUT2D eigenvalue weighted by atomic mass is 10.1. The second-order valence-corrected chi connectivity index (χ2v) is 7.48. The zero-order valence-corrected chi connectivity index (χ0v) is 13.4. The summed E-state index contributed by atoms with van der Waals surface area (Å²) in [5.74, 6) is 1.54. The first-order chi connectivity index (χ1) is 9.15. The molecule has 0 spiro atoms. The average molecular weight is 360 g/mol. The van der Waals surface area contributed by atoms with Gasteiger partial charge >= 0.3 is 0 Å². The molecule has 100 valence electrons. The third-order valence-corrected chi connectivity index (χ3v) is 5.17. The summed E-state index contributed by atoms with van der Waals surface area (Å²) < 4.78 is 12.7. The molecule has 2 aromatic rings. The standard InChI is InChI=1S/C14H12BrClO2S/c1-8-9(6-13(15)19-8)14(16)12-7-17-10-4-2-3-5-11(10)18-12/h2-6,12,14H,7H2,1H3. The van der Waals surface area contributed by atoms with Gasteiger partial charge in [-0.1, -0.05) is 12.1 Å². The van der Waals surface area contributed by atoms with Crippen LogP contribution in [-0.4, -0.2) is 12.7 Å². The van der Waals surface area contributed by atoms with E-state index in [-0.39, 0.29) is 11.5 Å². The number of rotatable bonds is 2. The van der Waals surface area contributed by atoms with E-state index < -0.39 is 0 Å². The molecular formula is C14H12BrClO2S. The minimum Gasteiger partial charge on any atom is -0.486 e. The quantitative estimate of drug-likeness (QED) is 0.707. The monoisotopic (exact) mass is 358 g/mol. The number of aryl methyl sites for hydroxylation is 1. The number of hydrogen-bond donors (Lipinski definition) is 0. The normalized spacial score (nSPS) is 19.2. The van der Waals surface area contributed by atoms with Gasteiger partial charge in [-0.2, -0.15) is 0 Å². The number of benzene rings is 1. The van der Waals surface area contributed by atoms with Crippen molar-refractivity contribution in [1.82, 2.24) is 0 Å². The Balaban J connectivity index is 1.83. The van der Waals surface area contributed by atoms with E-state index in [1.165, 1.54) is 4.88 Å². The molecule has 0 N–H and O–H groups in total. The van der Waals surface area contributed by atoms with Crippen molar-refractivity contribution >= 4 is 38.9 Å². The molecule has 0 aliphatic carbocycles. The first-order valence-corrected chi connectivity index (χ1v) is 7.98. The highest BCUT2D eigenvalue weighted by atomic mass is 79.9. The maximum atomic E-state index is 6.55. The molecule has 1 aromatic heterocycles. The van der Waals surface area contributed by atoms with Gasteiger partial charge in [0.25, 0.3) is 0 Å². The highest BCUT2D eigenvalue weighted by Crippen LogP contribution is 2.40. The fourth-order valence-corrected chi connectivity index (χ4v) is 4.29. The smallest absolute Gasteiger partial charge is 0.161 e. The molecule has 0 bridgehead atoms. The Morgan fingerprint density at radius 3 is 2.79 bits per heavy atom. The third-order valence-electron chi connectivity index (χ3n) is 3.08. The third kappa shape index (κ3) is 2.62. The van der Waals surface area contributed by atoms with E-state index >= 15 is 0 Å². The topological polar surface area (TPSA) is 18.5 Å². The summed E-state index contributed by atoms with van der Waals surface area (Å²) in [5.41, 5.74) is 1.10. The van der Waals surface area contributed by atoms with Crippen LogP contribution in [0.2, 0.25) is 0 Å². The van der Waals surface area contributed by atoms with Gasteiger partial charge in [-0.15, -0.1) is 22.9 Å². The number of ether oxygens (including phenoxy) is 2. The predicted molar refractivity (Wildman–Crippen MR) is 81.7 cm³/mol. The van der Waals surface area contributed by atoms with Crippen LogP contribution in [0.4, 0.5) is 0 Å². The van der Waals surface area contributed by atoms with E-state index in [9.17, 15) is 0 Å². The maximum Gasteiger partial charge on any atom is 0.161 e. The molecule has 19 heavy (non-hydrogen) atoms.